The number of rotatable bonds is 5. The van der Waals surface area contributed by atoms with Gasteiger partial charge in [-0.15, -0.1) is 47.3 Å². The maximum Gasteiger partial charge on any atom is 1.00 e. The topological polar surface area (TPSA) is 99.5 Å². The average molecular weight is 1270 g/mol. The van der Waals surface area contributed by atoms with E-state index in [2.05, 4.69) is 67.2 Å². The van der Waals surface area contributed by atoms with E-state index in [4.69, 9.17) is 49.0 Å². The fraction of sp³-hybridized carbons (Fsp3) is 0.163. The minimum absolute atomic E-state index is 0. The standard InChI is InChI=1S/C12H9ClFNO.C12H9F2NO.C10H7ClFNO.C9H5ClFNO.BBr3.Cs.FH/c13-12-10-5-7(14)1-4-9(10)11(6-15-12)16-8-2-3-8;13-7-1-4-9-10(5-7)12(14)15-6-11(9)16-8-2-3-8;1-14-9-5-13-10(11)8-4-6(12)2-3-7(8)9;10-9-7-3-5(11)1-2-6(7)8(13)4-12-9;2-1(3)4;;/h2*1,4-6,8H,2-3H2;2-5H,1H3;1-4,13H;;;1H/q;;;;;+1;/p-1. The van der Waals surface area contributed by atoms with E-state index in [0.717, 1.165) is 42.5 Å². The van der Waals surface area contributed by atoms with Gasteiger partial charge >= 0.3 is 72.1 Å². The zero-order valence-electron chi connectivity index (χ0n) is 33.8. The van der Waals surface area contributed by atoms with Gasteiger partial charge in [-0.2, -0.15) is 4.39 Å². The Balaban J connectivity index is 0.000000183. The Kier molecular flexibility index (Phi) is 22.1. The van der Waals surface area contributed by atoms with E-state index in [9.17, 15) is 27.1 Å². The van der Waals surface area contributed by atoms with Crippen LogP contribution in [-0.4, -0.2) is 47.5 Å². The molecule has 2 saturated carbocycles. The van der Waals surface area contributed by atoms with Crippen molar-refractivity contribution in [3.63, 3.8) is 0 Å². The van der Waals surface area contributed by atoms with Crippen molar-refractivity contribution in [3.8, 4) is 23.0 Å². The molecule has 0 unspecified atom stereocenters. The summed E-state index contributed by atoms with van der Waals surface area (Å²) < 4.78 is 81.8. The molecule has 2 aliphatic rings. The van der Waals surface area contributed by atoms with Crippen molar-refractivity contribution in [1.29, 1.82) is 0 Å². The first-order chi connectivity index (χ1) is 30.1. The molecular weight excluding hydrogens is 1240 g/mol. The zero-order valence-corrected chi connectivity index (χ0v) is 47.1. The van der Waals surface area contributed by atoms with Gasteiger partial charge in [0.15, 0.2) is 0 Å². The zero-order chi connectivity index (χ0) is 45.4. The van der Waals surface area contributed by atoms with Crippen LogP contribution in [0.2, 0.25) is 15.5 Å². The Bertz CT molecular complexity index is 2820. The monoisotopic (exact) mass is 1270 g/mol. The summed E-state index contributed by atoms with van der Waals surface area (Å²) >= 11 is 26.8. The molecule has 0 bridgehead atoms. The van der Waals surface area contributed by atoms with Gasteiger partial charge < -0.3 is 24.0 Å². The quantitative estimate of drug-likeness (QED) is 0.104. The number of benzene rings is 4. The van der Waals surface area contributed by atoms with Crippen LogP contribution in [0.3, 0.4) is 0 Å². The molecule has 4 aromatic heterocycles. The molecule has 4 aromatic carbocycles. The smallest absolute Gasteiger partial charge is 1.00 e. The van der Waals surface area contributed by atoms with E-state index in [-0.39, 0.29) is 122 Å². The molecule has 0 aliphatic heterocycles. The Morgan fingerprint density at radius 1 is 0.523 bits per heavy atom. The number of aromatic nitrogens is 4. The van der Waals surface area contributed by atoms with Gasteiger partial charge in [-0.05, 0) is 98.5 Å². The van der Waals surface area contributed by atoms with E-state index in [1.54, 1.807) is 18.3 Å². The van der Waals surface area contributed by atoms with Crippen LogP contribution in [-0.2, 0) is 0 Å². The first kappa shape index (κ1) is 55.3. The van der Waals surface area contributed by atoms with Gasteiger partial charge in [0.2, 0.25) is 5.95 Å². The number of nitrogens with zero attached hydrogens (tertiary/aromatic N) is 4. The largest absolute Gasteiger partial charge is 1.00 e. The van der Waals surface area contributed by atoms with Gasteiger partial charge in [-0.1, -0.05) is 34.8 Å². The van der Waals surface area contributed by atoms with Crippen LogP contribution in [0.5, 0.6) is 23.0 Å². The van der Waals surface area contributed by atoms with Crippen LogP contribution in [0.1, 0.15) is 25.7 Å². The van der Waals surface area contributed by atoms with Gasteiger partial charge in [-0.25, -0.2) is 37.5 Å². The summed E-state index contributed by atoms with van der Waals surface area (Å²) in [6.45, 7) is 0. The van der Waals surface area contributed by atoms with Crippen LogP contribution < -0.4 is 87.8 Å². The second-order valence-electron chi connectivity index (χ2n) is 13.5. The number of halogens is 12. The number of methoxy groups -OCH3 is 1. The summed E-state index contributed by atoms with van der Waals surface area (Å²) in [7, 11) is 1.54. The third kappa shape index (κ3) is 15.9. The fourth-order valence-electron chi connectivity index (χ4n) is 5.72. The molecule has 334 valence electrons. The Labute approximate surface area is 467 Å². The molecule has 65 heavy (non-hydrogen) atoms. The van der Waals surface area contributed by atoms with Crippen LogP contribution in [0.25, 0.3) is 43.1 Å². The van der Waals surface area contributed by atoms with Crippen molar-refractivity contribution < 1.29 is 115 Å². The molecular formula is C43H30BBr3Cl3CsF6N4O4. The Hall–Kier alpha value is -2.27. The van der Waals surface area contributed by atoms with E-state index < -0.39 is 17.6 Å². The van der Waals surface area contributed by atoms with Crippen molar-refractivity contribution in [1.82, 2.24) is 19.9 Å². The van der Waals surface area contributed by atoms with E-state index in [0.29, 0.717) is 49.3 Å². The number of ether oxygens (including phenoxy) is 3. The summed E-state index contributed by atoms with van der Waals surface area (Å²) in [5.74, 6) is -0.407. The second-order valence-corrected chi connectivity index (χ2v) is 21.0. The second kappa shape index (κ2) is 25.9. The molecule has 0 radical (unpaired) electrons. The molecule has 2 aliphatic carbocycles. The number of aromatic hydroxyl groups is 1. The third-order valence-electron chi connectivity index (χ3n) is 8.93. The Morgan fingerprint density at radius 2 is 0.846 bits per heavy atom. The van der Waals surface area contributed by atoms with Crippen LogP contribution >= 0.6 is 82.1 Å². The molecule has 8 nitrogen and oxygen atoms in total. The summed E-state index contributed by atoms with van der Waals surface area (Å²) in [6.07, 6.45) is 10.4. The summed E-state index contributed by atoms with van der Waals surface area (Å²) in [5, 5.41) is 14.5. The molecule has 0 atom stereocenters. The van der Waals surface area contributed by atoms with Crippen molar-refractivity contribution >= 4 is 128 Å². The van der Waals surface area contributed by atoms with Crippen LogP contribution in [0.15, 0.2) is 97.6 Å². The van der Waals surface area contributed by atoms with Crippen LogP contribution in [0.4, 0.5) is 22.0 Å². The minimum Gasteiger partial charge on any atom is -1.00 e. The van der Waals surface area contributed by atoms with Gasteiger partial charge in [0.25, 0.3) is 0 Å². The number of fused-ring (bicyclic) bond motifs is 4. The molecule has 2 fully saturated rings. The molecule has 0 saturated heterocycles. The molecule has 10 rings (SSSR count). The molecule has 0 amide bonds. The van der Waals surface area contributed by atoms with Crippen molar-refractivity contribution in [2.75, 3.05) is 7.11 Å². The average Bonchev–Trinajstić information content (AvgIpc) is 4.21. The molecule has 0 spiro atoms. The number of hydrogen-bond donors (Lipinski definition) is 1. The molecule has 1 N–H and O–H groups in total. The van der Waals surface area contributed by atoms with E-state index in [1.807, 2.05) is 0 Å². The van der Waals surface area contributed by atoms with E-state index in [1.165, 1.54) is 80.3 Å². The fourth-order valence-corrected chi connectivity index (χ4v) is 6.33. The maximum atomic E-state index is 13.4. The van der Waals surface area contributed by atoms with Crippen molar-refractivity contribution in [2.24, 2.45) is 0 Å². The van der Waals surface area contributed by atoms with Crippen molar-refractivity contribution in [3.05, 3.63) is 142 Å². The van der Waals surface area contributed by atoms with E-state index >= 15 is 0 Å². The van der Waals surface area contributed by atoms with Gasteiger partial charge in [-0.3, -0.25) is 0 Å². The first-order valence-electron chi connectivity index (χ1n) is 18.5. The van der Waals surface area contributed by atoms with Crippen LogP contribution in [0, 0.1) is 29.2 Å². The van der Waals surface area contributed by atoms with Gasteiger partial charge in [0.05, 0.1) is 44.1 Å². The third-order valence-corrected chi connectivity index (χ3v) is 9.83. The first-order valence-corrected chi connectivity index (χ1v) is 22.4. The summed E-state index contributed by atoms with van der Waals surface area (Å²) in [5.41, 5.74) is 0. The van der Waals surface area contributed by atoms with Gasteiger partial charge in [0, 0.05) is 43.1 Å². The minimum atomic E-state index is -0.669. The molecule has 8 aromatic rings. The predicted molar refractivity (Wildman–Crippen MR) is 250 cm³/mol. The molecule has 22 heteroatoms. The number of hydrogen-bond acceptors (Lipinski definition) is 8. The number of pyridine rings is 4. The SMILES string of the molecule is BrB(Br)Br.COc1cnc(Cl)c2cc(F)ccc12.Fc1ccc2c(OC3CC3)cnc(Cl)c2c1.Fc1ccc2c(OC3CC3)cnc(F)c2c1.Oc1cnc(Cl)c2cc(F)ccc12.[Cs+].[F-]. The normalized spacial score (nSPS) is 12.4. The maximum absolute atomic E-state index is 13.4. The summed E-state index contributed by atoms with van der Waals surface area (Å²) in [6, 6.07) is 16.7. The van der Waals surface area contributed by atoms with Crippen molar-refractivity contribution in [2.45, 2.75) is 37.9 Å². The predicted octanol–water partition coefficient (Wildman–Crippen LogP) is 8.56. The summed E-state index contributed by atoms with van der Waals surface area (Å²) in [4.78, 5) is 15.2. The van der Waals surface area contributed by atoms with Gasteiger partial charge in [0.1, 0.15) is 61.7 Å². The Morgan fingerprint density at radius 3 is 1.26 bits per heavy atom. The molecule has 4 heterocycles.